The summed E-state index contributed by atoms with van der Waals surface area (Å²) in [5.41, 5.74) is 0. The number of carboxylic acid groups (broad SMARTS) is 1. The Hall–Kier alpha value is -1.79. The smallest absolute Gasteiger partial charge is 0.325 e. The monoisotopic (exact) mass is 271 g/mol. The van der Waals surface area contributed by atoms with E-state index >= 15 is 0 Å². The van der Waals surface area contributed by atoms with Crippen LogP contribution in [-0.4, -0.2) is 66.0 Å². The number of amides is 3. The summed E-state index contributed by atoms with van der Waals surface area (Å²) in [4.78, 5) is 37.5. The summed E-state index contributed by atoms with van der Waals surface area (Å²) in [6.07, 6.45) is 1.43. The zero-order valence-electron chi connectivity index (χ0n) is 11.5. The fourth-order valence-electron chi connectivity index (χ4n) is 2.04. The van der Waals surface area contributed by atoms with Gasteiger partial charge in [0.25, 0.3) is 0 Å². The lowest BCUT2D eigenvalue weighted by Crippen LogP contribution is -2.50. The lowest BCUT2D eigenvalue weighted by molar-refractivity contribution is -0.142. The molecule has 0 saturated carbocycles. The van der Waals surface area contributed by atoms with Gasteiger partial charge in [-0.2, -0.15) is 0 Å². The largest absolute Gasteiger partial charge is 0.480 e. The lowest BCUT2D eigenvalue weighted by Gasteiger charge is -2.33. The molecule has 0 aromatic carbocycles. The van der Waals surface area contributed by atoms with Gasteiger partial charge in [0, 0.05) is 27.2 Å². The first-order valence-corrected chi connectivity index (χ1v) is 6.32. The molecular formula is C12H21N3O4. The molecule has 2 atom stereocenters. The van der Waals surface area contributed by atoms with E-state index in [1.165, 1.54) is 11.8 Å². The molecule has 1 unspecified atom stereocenters. The molecule has 0 spiro atoms. The van der Waals surface area contributed by atoms with E-state index in [9.17, 15) is 14.4 Å². The molecule has 1 aliphatic rings. The molecule has 7 nitrogen and oxygen atoms in total. The Kier molecular flexibility index (Phi) is 5.14. The van der Waals surface area contributed by atoms with Crippen LogP contribution in [0, 0.1) is 5.92 Å². The molecule has 0 radical (unpaired) electrons. The van der Waals surface area contributed by atoms with Gasteiger partial charge in [-0.05, 0) is 19.8 Å². The van der Waals surface area contributed by atoms with Gasteiger partial charge in [0.15, 0.2) is 0 Å². The summed E-state index contributed by atoms with van der Waals surface area (Å²) in [6, 6.07) is -1.03. The molecule has 1 heterocycles. The van der Waals surface area contributed by atoms with Gasteiger partial charge in [0.2, 0.25) is 5.91 Å². The predicted octanol–water partition coefficient (Wildman–Crippen LogP) is -0.0307. The van der Waals surface area contributed by atoms with E-state index < -0.39 is 12.0 Å². The standard InChI is InChI=1S/C12H21N3O4/c1-8(11(17)18)13-10(16)9-5-4-6-15(7-9)12(19)14(2)3/h8-9H,4-7H2,1-3H3,(H,13,16)(H,17,18)/t8-,9?/m1/s1. The van der Waals surface area contributed by atoms with Crippen molar-refractivity contribution in [1.29, 1.82) is 0 Å². The second-order valence-electron chi connectivity index (χ2n) is 5.03. The minimum Gasteiger partial charge on any atom is -0.480 e. The van der Waals surface area contributed by atoms with E-state index in [2.05, 4.69) is 5.32 Å². The number of hydrogen-bond acceptors (Lipinski definition) is 3. The third-order valence-electron chi connectivity index (χ3n) is 3.17. The molecule has 1 saturated heterocycles. The van der Waals surface area contributed by atoms with Crippen molar-refractivity contribution >= 4 is 17.9 Å². The van der Waals surface area contributed by atoms with Crippen molar-refractivity contribution in [3.63, 3.8) is 0 Å². The first-order chi connectivity index (χ1) is 8.82. The van der Waals surface area contributed by atoms with E-state index in [0.717, 1.165) is 6.42 Å². The summed E-state index contributed by atoms with van der Waals surface area (Å²) in [7, 11) is 3.33. The Morgan fingerprint density at radius 2 is 2.00 bits per heavy atom. The molecule has 2 N–H and O–H groups in total. The summed E-state index contributed by atoms with van der Waals surface area (Å²) < 4.78 is 0. The molecule has 7 heteroatoms. The third-order valence-corrected chi connectivity index (χ3v) is 3.17. The molecule has 108 valence electrons. The van der Waals surface area contributed by atoms with E-state index in [4.69, 9.17) is 5.11 Å². The van der Waals surface area contributed by atoms with Gasteiger partial charge in [-0.3, -0.25) is 9.59 Å². The summed E-state index contributed by atoms with van der Waals surface area (Å²) >= 11 is 0. The summed E-state index contributed by atoms with van der Waals surface area (Å²) in [5, 5.41) is 11.2. The Labute approximate surface area is 112 Å². The maximum absolute atomic E-state index is 11.9. The number of hydrogen-bond donors (Lipinski definition) is 2. The van der Waals surface area contributed by atoms with Crippen LogP contribution in [-0.2, 0) is 9.59 Å². The van der Waals surface area contributed by atoms with Crippen molar-refractivity contribution in [3.8, 4) is 0 Å². The fraction of sp³-hybridized carbons (Fsp3) is 0.750. The van der Waals surface area contributed by atoms with Gasteiger partial charge in [0.05, 0.1) is 5.92 Å². The zero-order chi connectivity index (χ0) is 14.6. The second kappa shape index (κ2) is 6.40. The summed E-state index contributed by atoms with van der Waals surface area (Å²) in [5.74, 6) is -1.70. The Morgan fingerprint density at radius 3 is 2.53 bits per heavy atom. The van der Waals surface area contributed by atoms with Gasteiger partial charge >= 0.3 is 12.0 Å². The number of likely N-dealkylation sites (tertiary alicyclic amines) is 1. The Bertz CT molecular complexity index is 370. The fourth-order valence-corrected chi connectivity index (χ4v) is 2.04. The highest BCUT2D eigenvalue weighted by Gasteiger charge is 2.30. The number of piperidine rings is 1. The number of nitrogens with zero attached hydrogens (tertiary/aromatic N) is 2. The third kappa shape index (κ3) is 4.11. The highest BCUT2D eigenvalue weighted by molar-refractivity contribution is 5.85. The number of carboxylic acids is 1. The van der Waals surface area contributed by atoms with Gasteiger partial charge in [-0.15, -0.1) is 0 Å². The van der Waals surface area contributed by atoms with E-state index in [1.54, 1.807) is 19.0 Å². The van der Waals surface area contributed by atoms with E-state index in [1.807, 2.05) is 0 Å². The van der Waals surface area contributed by atoms with Gasteiger partial charge in [-0.1, -0.05) is 0 Å². The maximum atomic E-state index is 11.9. The van der Waals surface area contributed by atoms with Crippen LogP contribution in [0.2, 0.25) is 0 Å². The topological polar surface area (TPSA) is 90.0 Å². The molecule has 19 heavy (non-hydrogen) atoms. The first kappa shape index (κ1) is 15.3. The molecular weight excluding hydrogens is 250 g/mol. The van der Waals surface area contributed by atoms with Gasteiger partial charge in [0.1, 0.15) is 6.04 Å². The highest BCUT2D eigenvalue weighted by Crippen LogP contribution is 2.17. The van der Waals surface area contributed by atoms with Crippen LogP contribution in [0.3, 0.4) is 0 Å². The van der Waals surface area contributed by atoms with E-state index in [-0.39, 0.29) is 17.9 Å². The van der Waals surface area contributed by atoms with Crippen molar-refractivity contribution in [2.45, 2.75) is 25.8 Å². The van der Waals surface area contributed by atoms with Crippen molar-refractivity contribution in [2.75, 3.05) is 27.2 Å². The maximum Gasteiger partial charge on any atom is 0.325 e. The van der Waals surface area contributed by atoms with Crippen LogP contribution < -0.4 is 5.32 Å². The van der Waals surface area contributed by atoms with Crippen LogP contribution >= 0.6 is 0 Å². The van der Waals surface area contributed by atoms with Gasteiger partial charge < -0.3 is 20.2 Å². The SMILES string of the molecule is C[C@@H](NC(=O)C1CCCN(C(=O)N(C)C)C1)C(=O)O. The Morgan fingerprint density at radius 1 is 1.37 bits per heavy atom. The predicted molar refractivity (Wildman–Crippen MR) is 68.6 cm³/mol. The molecule has 0 bridgehead atoms. The summed E-state index contributed by atoms with van der Waals surface area (Å²) in [6.45, 7) is 2.40. The number of rotatable bonds is 3. The number of urea groups is 1. The zero-order valence-corrected chi connectivity index (χ0v) is 11.5. The molecule has 1 rings (SSSR count). The molecule has 0 aliphatic carbocycles. The average molecular weight is 271 g/mol. The van der Waals surface area contributed by atoms with Crippen LogP contribution in [0.25, 0.3) is 0 Å². The highest BCUT2D eigenvalue weighted by atomic mass is 16.4. The minimum absolute atomic E-state index is 0.121. The van der Waals surface area contributed by atoms with Crippen LogP contribution in [0.15, 0.2) is 0 Å². The van der Waals surface area contributed by atoms with Crippen molar-refractivity contribution in [3.05, 3.63) is 0 Å². The van der Waals surface area contributed by atoms with Crippen LogP contribution in [0.5, 0.6) is 0 Å². The Balaban J connectivity index is 2.57. The average Bonchev–Trinajstić information content (AvgIpc) is 2.37. The molecule has 1 aliphatic heterocycles. The minimum atomic E-state index is -1.06. The number of aliphatic carboxylic acids is 1. The first-order valence-electron chi connectivity index (χ1n) is 6.32. The number of nitrogens with one attached hydrogen (secondary N) is 1. The van der Waals surface area contributed by atoms with Crippen molar-refractivity contribution in [2.24, 2.45) is 5.92 Å². The number of carbonyl (C=O) groups is 3. The number of carbonyl (C=O) groups excluding carboxylic acids is 2. The van der Waals surface area contributed by atoms with Crippen LogP contribution in [0.4, 0.5) is 4.79 Å². The van der Waals surface area contributed by atoms with Crippen LogP contribution in [0.1, 0.15) is 19.8 Å². The molecule has 0 aromatic heterocycles. The van der Waals surface area contributed by atoms with E-state index in [0.29, 0.717) is 19.5 Å². The normalized spacial score (nSPS) is 20.6. The van der Waals surface area contributed by atoms with Gasteiger partial charge in [-0.25, -0.2) is 4.79 Å². The van der Waals surface area contributed by atoms with Crippen molar-refractivity contribution < 1.29 is 19.5 Å². The molecule has 1 fully saturated rings. The molecule has 0 aromatic rings. The quantitative estimate of drug-likeness (QED) is 0.754. The van der Waals surface area contributed by atoms with Crippen molar-refractivity contribution in [1.82, 2.24) is 15.1 Å². The molecule has 3 amide bonds. The second-order valence-corrected chi connectivity index (χ2v) is 5.03. The lowest BCUT2D eigenvalue weighted by atomic mass is 9.97.